The van der Waals surface area contributed by atoms with Crippen molar-refractivity contribution in [3.05, 3.63) is 57.6 Å². The van der Waals surface area contributed by atoms with Gasteiger partial charge in [0.2, 0.25) is 0 Å². The molecule has 0 spiro atoms. The average molecular weight is 331 g/mol. The molecule has 0 N–H and O–H groups in total. The molecule has 0 aliphatic heterocycles. The molecule has 24 heavy (non-hydrogen) atoms. The molecule has 0 unspecified atom stereocenters. The fraction of sp³-hybridized carbons (Fsp3) is 0.235. The third-order valence-electron chi connectivity index (χ3n) is 3.39. The Kier molecular flexibility index (Phi) is 5.36. The number of methoxy groups -OCH3 is 2. The molecule has 2 rings (SSSR count). The van der Waals surface area contributed by atoms with Gasteiger partial charge in [-0.2, -0.15) is 0 Å². The molecule has 7 heteroatoms. The predicted octanol–water partition coefficient (Wildman–Crippen LogP) is 3.39. The van der Waals surface area contributed by atoms with Crippen LogP contribution in [0.25, 0.3) is 0 Å². The Bertz CT molecular complexity index is 754. The van der Waals surface area contributed by atoms with Crippen molar-refractivity contribution in [3.63, 3.8) is 0 Å². The van der Waals surface area contributed by atoms with Crippen LogP contribution in [0.5, 0.6) is 17.2 Å². The van der Waals surface area contributed by atoms with E-state index in [1.165, 1.54) is 33.3 Å². The summed E-state index contributed by atoms with van der Waals surface area (Å²) in [6.45, 7) is 1.57. The Balaban J connectivity index is 2.27. The molecule has 0 amide bonds. The van der Waals surface area contributed by atoms with Gasteiger partial charge in [0.05, 0.1) is 19.1 Å². The van der Waals surface area contributed by atoms with Crippen LogP contribution in [0.4, 0.5) is 5.69 Å². The highest BCUT2D eigenvalue weighted by molar-refractivity contribution is 6.00. The molecule has 0 atom stereocenters. The minimum Gasteiger partial charge on any atom is -0.496 e. The molecule has 0 radical (unpaired) electrons. The lowest BCUT2D eigenvalue weighted by atomic mass is 10.1. The Labute approximate surface area is 138 Å². The molecular formula is C17H17NO6. The van der Waals surface area contributed by atoms with E-state index in [4.69, 9.17) is 14.2 Å². The SMILES string of the molecule is COc1cc(OC)c(C(C)=O)c(OCc2ccc([N+](=O)[O-])cc2)c1. The number of rotatable bonds is 7. The quantitative estimate of drug-likeness (QED) is 0.439. The maximum absolute atomic E-state index is 11.9. The number of hydrogen-bond donors (Lipinski definition) is 0. The van der Waals surface area contributed by atoms with E-state index in [-0.39, 0.29) is 18.1 Å². The number of carbonyl (C=O) groups excluding carboxylic acids is 1. The van der Waals surface area contributed by atoms with Crippen molar-refractivity contribution < 1.29 is 23.9 Å². The van der Waals surface area contributed by atoms with E-state index in [0.717, 1.165) is 5.56 Å². The van der Waals surface area contributed by atoms with Crippen LogP contribution in [0.2, 0.25) is 0 Å². The first-order chi connectivity index (χ1) is 11.5. The van der Waals surface area contributed by atoms with Gasteiger partial charge in [-0.1, -0.05) is 0 Å². The van der Waals surface area contributed by atoms with Crippen LogP contribution >= 0.6 is 0 Å². The second-order valence-corrected chi connectivity index (χ2v) is 4.97. The lowest BCUT2D eigenvalue weighted by Crippen LogP contribution is -2.05. The van der Waals surface area contributed by atoms with Crippen LogP contribution < -0.4 is 14.2 Å². The normalized spacial score (nSPS) is 10.1. The highest BCUT2D eigenvalue weighted by Crippen LogP contribution is 2.35. The zero-order valence-corrected chi connectivity index (χ0v) is 13.6. The van der Waals surface area contributed by atoms with Crippen molar-refractivity contribution in [1.29, 1.82) is 0 Å². The Morgan fingerprint density at radius 1 is 1.08 bits per heavy atom. The second-order valence-electron chi connectivity index (χ2n) is 4.97. The largest absolute Gasteiger partial charge is 0.496 e. The summed E-state index contributed by atoms with van der Waals surface area (Å²) in [6, 6.07) is 9.21. The Morgan fingerprint density at radius 2 is 1.71 bits per heavy atom. The van der Waals surface area contributed by atoms with E-state index < -0.39 is 4.92 Å². The van der Waals surface area contributed by atoms with Gasteiger partial charge in [-0.3, -0.25) is 14.9 Å². The van der Waals surface area contributed by atoms with E-state index in [1.807, 2.05) is 0 Å². The number of ether oxygens (including phenoxy) is 3. The van der Waals surface area contributed by atoms with Crippen LogP contribution in [-0.2, 0) is 6.61 Å². The third-order valence-corrected chi connectivity index (χ3v) is 3.39. The van der Waals surface area contributed by atoms with Crippen LogP contribution in [0, 0.1) is 10.1 Å². The molecule has 0 aromatic heterocycles. The lowest BCUT2D eigenvalue weighted by Gasteiger charge is -2.15. The molecule has 0 heterocycles. The lowest BCUT2D eigenvalue weighted by molar-refractivity contribution is -0.384. The van der Waals surface area contributed by atoms with Crippen molar-refractivity contribution in [2.24, 2.45) is 0 Å². The maximum Gasteiger partial charge on any atom is 0.269 e. The molecule has 0 saturated carbocycles. The van der Waals surface area contributed by atoms with Gasteiger partial charge in [-0.15, -0.1) is 0 Å². The summed E-state index contributed by atoms with van der Waals surface area (Å²) in [4.78, 5) is 22.1. The van der Waals surface area contributed by atoms with Crippen LogP contribution in [0.1, 0.15) is 22.8 Å². The number of non-ortho nitro benzene ring substituents is 1. The number of nitro groups is 1. The molecule has 2 aromatic carbocycles. The van der Waals surface area contributed by atoms with Crippen LogP contribution in [0.15, 0.2) is 36.4 Å². The number of ketones is 1. The van der Waals surface area contributed by atoms with Crippen molar-refractivity contribution in [2.45, 2.75) is 13.5 Å². The standard InChI is InChI=1S/C17H17NO6/c1-11(19)17-15(23-3)8-14(22-2)9-16(17)24-10-12-4-6-13(7-5-12)18(20)21/h4-9H,10H2,1-3H3. The molecular weight excluding hydrogens is 314 g/mol. The number of nitrogens with zero attached hydrogens (tertiary/aromatic N) is 1. The number of nitro benzene ring substituents is 1. The number of hydrogen-bond acceptors (Lipinski definition) is 6. The molecule has 0 fully saturated rings. The van der Waals surface area contributed by atoms with E-state index in [1.54, 1.807) is 24.3 Å². The maximum atomic E-state index is 11.9. The fourth-order valence-electron chi connectivity index (χ4n) is 2.18. The molecule has 0 aliphatic carbocycles. The van der Waals surface area contributed by atoms with Gasteiger partial charge in [0.15, 0.2) is 5.78 Å². The first kappa shape index (κ1) is 17.3. The summed E-state index contributed by atoms with van der Waals surface area (Å²) < 4.78 is 16.1. The predicted molar refractivity (Wildman–Crippen MR) is 87.0 cm³/mol. The van der Waals surface area contributed by atoms with Crippen LogP contribution in [0.3, 0.4) is 0 Å². The van der Waals surface area contributed by atoms with Gasteiger partial charge in [-0.05, 0) is 24.6 Å². The second kappa shape index (κ2) is 7.45. The van der Waals surface area contributed by atoms with Gasteiger partial charge >= 0.3 is 0 Å². The van der Waals surface area contributed by atoms with Gasteiger partial charge in [0.25, 0.3) is 5.69 Å². The molecule has 0 saturated heterocycles. The summed E-state index contributed by atoms with van der Waals surface area (Å²) in [5, 5.41) is 10.7. The van der Waals surface area contributed by atoms with Gasteiger partial charge in [-0.25, -0.2) is 0 Å². The topological polar surface area (TPSA) is 87.9 Å². The van der Waals surface area contributed by atoms with Crippen molar-refractivity contribution in [2.75, 3.05) is 14.2 Å². The highest BCUT2D eigenvalue weighted by Gasteiger charge is 2.18. The minimum atomic E-state index is -0.467. The summed E-state index contributed by atoms with van der Waals surface area (Å²) in [6.07, 6.45) is 0. The first-order valence-corrected chi connectivity index (χ1v) is 7.09. The van der Waals surface area contributed by atoms with E-state index in [2.05, 4.69) is 0 Å². The molecule has 126 valence electrons. The third kappa shape index (κ3) is 3.81. The minimum absolute atomic E-state index is 0.00576. The van der Waals surface area contributed by atoms with Crippen molar-refractivity contribution in [3.8, 4) is 17.2 Å². The monoisotopic (exact) mass is 331 g/mol. The van der Waals surface area contributed by atoms with Gasteiger partial charge < -0.3 is 14.2 Å². The molecule has 7 nitrogen and oxygen atoms in total. The smallest absolute Gasteiger partial charge is 0.269 e. The summed E-state index contributed by atoms with van der Waals surface area (Å²) >= 11 is 0. The Morgan fingerprint density at radius 3 is 2.21 bits per heavy atom. The number of carbonyl (C=O) groups is 1. The zero-order chi connectivity index (χ0) is 17.7. The summed E-state index contributed by atoms with van der Waals surface area (Å²) in [5.74, 6) is 0.987. The van der Waals surface area contributed by atoms with Gasteiger partial charge in [0, 0.05) is 24.3 Å². The van der Waals surface area contributed by atoms with Gasteiger partial charge in [0.1, 0.15) is 29.4 Å². The first-order valence-electron chi connectivity index (χ1n) is 7.09. The van der Waals surface area contributed by atoms with E-state index in [0.29, 0.717) is 22.8 Å². The molecule has 2 aromatic rings. The Hall–Kier alpha value is -3.09. The van der Waals surface area contributed by atoms with Crippen molar-refractivity contribution >= 4 is 11.5 Å². The van der Waals surface area contributed by atoms with E-state index >= 15 is 0 Å². The van der Waals surface area contributed by atoms with Crippen molar-refractivity contribution in [1.82, 2.24) is 0 Å². The fourth-order valence-corrected chi connectivity index (χ4v) is 2.18. The highest BCUT2D eigenvalue weighted by atomic mass is 16.6. The summed E-state index contributed by atoms with van der Waals surface area (Å²) in [7, 11) is 2.96. The zero-order valence-electron chi connectivity index (χ0n) is 13.6. The summed E-state index contributed by atoms with van der Waals surface area (Å²) in [5.41, 5.74) is 1.06. The molecule has 0 bridgehead atoms. The molecule has 0 aliphatic rings. The average Bonchev–Trinajstić information content (AvgIpc) is 2.58. The number of Topliss-reactive ketones (excluding diaryl/α,β-unsaturated/α-hetero) is 1. The number of benzene rings is 2. The van der Waals surface area contributed by atoms with Crippen LogP contribution in [-0.4, -0.2) is 24.9 Å². The van der Waals surface area contributed by atoms with E-state index in [9.17, 15) is 14.9 Å².